The van der Waals surface area contributed by atoms with Crippen LogP contribution < -0.4 is 0 Å². The van der Waals surface area contributed by atoms with Gasteiger partial charge in [0.25, 0.3) is 0 Å². The van der Waals surface area contributed by atoms with Gasteiger partial charge in [-0.2, -0.15) is 5.10 Å². The van der Waals surface area contributed by atoms with Crippen LogP contribution in [0.2, 0.25) is 0 Å². The number of halogens is 1. The molecule has 0 N–H and O–H groups in total. The van der Waals surface area contributed by atoms with E-state index in [-0.39, 0.29) is 24.7 Å². The number of rotatable bonds is 7. The Morgan fingerprint density at radius 3 is 2.66 bits per heavy atom. The summed E-state index contributed by atoms with van der Waals surface area (Å²) in [5, 5.41) is 15.4. The molecule has 0 amide bonds. The SMILES string of the molecule is Cc1ncc([N+](=O)[O-])n1CCOC(=O)c1cc(-c2cccc(F)c2)n(-c2ccccc2)n1. The first kappa shape index (κ1) is 20.9. The molecule has 4 rings (SSSR count). The number of benzene rings is 2. The molecule has 162 valence electrons. The van der Waals surface area contributed by atoms with Crippen LogP contribution in [0.5, 0.6) is 0 Å². The largest absolute Gasteiger partial charge is 0.457 e. The van der Waals surface area contributed by atoms with Gasteiger partial charge in [-0.05, 0) is 35.3 Å². The zero-order valence-corrected chi connectivity index (χ0v) is 17.0. The van der Waals surface area contributed by atoms with Gasteiger partial charge in [-0.3, -0.25) is 0 Å². The zero-order valence-electron chi connectivity index (χ0n) is 17.0. The molecule has 0 unspecified atom stereocenters. The first-order valence-electron chi connectivity index (χ1n) is 9.69. The number of imidazole rings is 1. The quantitative estimate of drug-likeness (QED) is 0.247. The molecule has 0 bridgehead atoms. The van der Waals surface area contributed by atoms with Gasteiger partial charge in [0.05, 0.1) is 11.4 Å². The van der Waals surface area contributed by atoms with Crippen LogP contribution in [0.1, 0.15) is 16.3 Å². The standard InChI is InChI=1S/C22H18FN5O4/c1-15-24-14-21(28(30)31)26(15)10-11-32-22(29)19-13-20(16-6-5-7-17(23)12-16)27(25-19)18-8-3-2-4-9-18/h2-9,12-14H,10-11H2,1H3. The second-order valence-corrected chi connectivity index (χ2v) is 6.88. The van der Waals surface area contributed by atoms with Gasteiger partial charge in [-0.1, -0.05) is 30.3 Å². The maximum absolute atomic E-state index is 13.8. The number of nitrogens with zero attached hydrogens (tertiary/aromatic N) is 5. The second kappa shape index (κ2) is 8.80. The molecule has 0 saturated heterocycles. The van der Waals surface area contributed by atoms with Crippen LogP contribution in [0.3, 0.4) is 0 Å². The molecule has 0 aliphatic rings. The molecule has 0 fully saturated rings. The van der Waals surface area contributed by atoms with Crippen molar-refractivity contribution in [3.05, 3.63) is 94.3 Å². The number of nitro groups is 1. The molecule has 0 aliphatic heterocycles. The Morgan fingerprint density at radius 1 is 1.16 bits per heavy atom. The Labute approximate surface area is 181 Å². The van der Waals surface area contributed by atoms with Gasteiger partial charge < -0.3 is 14.9 Å². The predicted molar refractivity (Wildman–Crippen MR) is 113 cm³/mol. The Balaban J connectivity index is 1.58. The van der Waals surface area contributed by atoms with Gasteiger partial charge in [-0.25, -0.2) is 23.4 Å². The van der Waals surface area contributed by atoms with Gasteiger partial charge in [-0.15, -0.1) is 0 Å². The summed E-state index contributed by atoms with van der Waals surface area (Å²) in [6.07, 6.45) is 1.16. The molecule has 9 nitrogen and oxygen atoms in total. The number of ether oxygens (including phenoxy) is 1. The molecular formula is C22H18FN5O4. The van der Waals surface area contributed by atoms with E-state index < -0.39 is 16.7 Å². The minimum absolute atomic E-state index is 0.0324. The van der Waals surface area contributed by atoms with Crippen LogP contribution in [0.15, 0.2) is 66.9 Å². The van der Waals surface area contributed by atoms with E-state index >= 15 is 0 Å². The molecule has 32 heavy (non-hydrogen) atoms. The lowest BCUT2D eigenvalue weighted by Gasteiger charge is -2.07. The van der Waals surface area contributed by atoms with Crippen LogP contribution in [-0.4, -0.2) is 36.8 Å². The lowest BCUT2D eigenvalue weighted by molar-refractivity contribution is -0.392. The average molecular weight is 435 g/mol. The highest BCUT2D eigenvalue weighted by Crippen LogP contribution is 2.25. The average Bonchev–Trinajstić information content (AvgIpc) is 3.39. The highest BCUT2D eigenvalue weighted by atomic mass is 19.1. The number of para-hydroxylation sites is 1. The molecule has 0 atom stereocenters. The van der Waals surface area contributed by atoms with Crippen molar-refractivity contribution in [1.29, 1.82) is 0 Å². The summed E-state index contributed by atoms with van der Waals surface area (Å²) in [5.74, 6) is -0.850. The minimum atomic E-state index is -0.697. The maximum atomic E-state index is 13.8. The van der Waals surface area contributed by atoms with E-state index in [1.807, 2.05) is 30.3 Å². The third kappa shape index (κ3) is 4.24. The summed E-state index contributed by atoms with van der Waals surface area (Å²) < 4.78 is 22.0. The van der Waals surface area contributed by atoms with Crippen molar-refractivity contribution in [3.63, 3.8) is 0 Å². The number of hydrogen-bond donors (Lipinski definition) is 0. The molecule has 0 saturated carbocycles. The first-order chi connectivity index (χ1) is 15.4. The Bertz CT molecular complexity index is 1280. The summed E-state index contributed by atoms with van der Waals surface area (Å²) in [5.41, 5.74) is 1.79. The highest BCUT2D eigenvalue weighted by molar-refractivity contribution is 5.89. The fraction of sp³-hybridized carbons (Fsp3) is 0.136. The first-order valence-corrected chi connectivity index (χ1v) is 9.69. The highest BCUT2D eigenvalue weighted by Gasteiger charge is 2.20. The normalized spacial score (nSPS) is 10.8. The van der Waals surface area contributed by atoms with Crippen molar-refractivity contribution < 1.29 is 18.8 Å². The van der Waals surface area contributed by atoms with E-state index in [9.17, 15) is 19.3 Å². The number of carbonyl (C=O) groups is 1. The van der Waals surface area contributed by atoms with Crippen LogP contribution in [0.4, 0.5) is 10.2 Å². The number of aryl methyl sites for hydroxylation is 1. The molecule has 10 heteroatoms. The molecule has 0 radical (unpaired) electrons. The van der Waals surface area contributed by atoms with Gasteiger partial charge >= 0.3 is 11.8 Å². The van der Waals surface area contributed by atoms with Crippen molar-refractivity contribution in [3.8, 4) is 16.9 Å². The van der Waals surface area contributed by atoms with Crippen LogP contribution in [0.25, 0.3) is 16.9 Å². The number of aromatic nitrogens is 4. The van der Waals surface area contributed by atoms with Gasteiger partial charge in [0, 0.05) is 12.5 Å². The minimum Gasteiger partial charge on any atom is -0.457 e. The lowest BCUT2D eigenvalue weighted by atomic mass is 10.1. The van der Waals surface area contributed by atoms with Crippen molar-refractivity contribution in [1.82, 2.24) is 19.3 Å². The maximum Gasteiger partial charge on any atom is 0.359 e. The Hall–Kier alpha value is -4.34. The second-order valence-electron chi connectivity index (χ2n) is 6.88. The van der Waals surface area contributed by atoms with Gasteiger partial charge in [0.2, 0.25) is 0 Å². The summed E-state index contributed by atoms with van der Waals surface area (Å²) in [6.45, 7) is 1.59. The van der Waals surface area contributed by atoms with Gasteiger partial charge in [0.1, 0.15) is 25.2 Å². The summed E-state index contributed by atoms with van der Waals surface area (Å²) in [6, 6.07) is 16.6. The van der Waals surface area contributed by atoms with E-state index in [0.29, 0.717) is 22.8 Å². The van der Waals surface area contributed by atoms with E-state index in [4.69, 9.17) is 4.74 Å². The van der Waals surface area contributed by atoms with Crippen molar-refractivity contribution in [2.75, 3.05) is 6.61 Å². The zero-order chi connectivity index (χ0) is 22.7. The van der Waals surface area contributed by atoms with E-state index in [1.54, 1.807) is 19.1 Å². The van der Waals surface area contributed by atoms with E-state index in [1.165, 1.54) is 27.4 Å². The Kier molecular flexibility index (Phi) is 5.75. The number of carbonyl (C=O) groups excluding carboxylic acids is 1. The van der Waals surface area contributed by atoms with E-state index in [0.717, 1.165) is 6.20 Å². The molecule has 0 spiro atoms. The third-order valence-corrected chi connectivity index (χ3v) is 4.81. The monoisotopic (exact) mass is 435 g/mol. The number of hydrogen-bond acceptors (Lipinski definition) is 6. The molecule has 2 aromatic carbocycles. The fourth-order valence-electron chi connectivity index (χ4n) is 3.28. The Morgan fingerprint density at radius 2 is 1.94 bits per heavy atom. The molecule has 4 aromatic rings. The summed E-state index contributed by atoms with van der Waals surface area (Å²) in [4.78, 5) is 27.1. The number of esters is 1. The third-order valence-electron chi connectivity index (χ3n) is 4.81. The molecule has 0 aliphatic carbocycles. The molecular weight excluding hydrogens is 417 g/mol. The predicted octanol–water partition coefficient (Wildman–Crippen LogP) is 3.95. The summed E-state index contributed by atoms with van der Waals surface area (Å²) in [7, 11) is 0. The summed E-state index contributed by atoms with van der Waals surface area (Å²) >= 11 is 0. The van der Waals surface area contributed by atoms with Crippen LogP contribution in [0, 0.1) is 22.9 Å². The fourth-order valence-corrected chi connectivity index (χ4v) is 3.28. The van der Waals surface area contributed by atoms with Crippen molar-refractivity contribution >= 4 is 11.8 Å². The van der Waals surface area contributed by atoms with E-state index in [2.05, 4.69) is 10.1 Å². The lowest BCUT2D eigenvalue weighted by Crippen LogP contribution is -2.14. The van der Waals surface area contributed by atoms with Crippen LogP contribution >= 0.6 is 0 Å². The smallest absolute Gasteiger partial charge is 0.359 e. The molecule has 2 aromatic heterocycles. The van der Waals surface area contributed by atoms with Crippen molar-refractivity contribution in [2.24, 2.45) is 0 Å². The van der Waals surface area contributed by atoms with Crippen molar-refractivity contribution in [2.45, 2.75) is 13.5 Å². The van der Waals surface area contributed by atoms with Gasteiger partial charge in [0.15, 0.2) is 11.5 Å². The van der Waals surface area contributed by atoms with Crippen LogP contribution in [-0.2, 0) is 11.3 Å². The topological polar surface area (TPSA) is 105 Å². The molecule has 2 heterocycles.